The molecule has 7 nitrogen and oxygen atoms in total. The quantitative estimate of drug-likeness (QED) is 0.627. The number of carbonyl (C=O) groups is 2. The van der Waals surface area contributed by atoms with Crippen LogP contribution < -0.4 is 10.8 Å². The molecule has 0 aromatic heterocycles. The summed E-state index contributed by atoms with van der Waals surface area (Å²) in [6.07, 6.45) is 4.78. The number of carbonyl (C=O) groups excluding carboxylic acids is 2. The predicted molar refractivity (Wildman–Crippen MR) is 119 cm³/mol. The first kappa shape index (κ1) is 23.0. The van der Waals surface area contributed by atoms with E-state index in [1.807, 2.05) is 0 Å². The minimum atomic E-state index is -0.457. The average Bonchev–Trinajstić information content (AvgIpc) is 3.26. The zero-order valence-corrected chi connectivity index (χ0v) is 18.4. The van der Waals surface area contributed by atoms with Crippen LogP contribution in [0.4, 0.5) is 18.4 Å². The van der Waals surface area contributed by atoms with Crippen molar-refractivity contribution in [3.8, 4) is 0 Å². The number of halogens is 3. The number of hydroxylamine groups is 1. The molecule has 4 amide bonds. The molecule has 0 bridgehead atoms. The van der Waals surface area contributed by atoms with E-state index in [2.05, 4.69) is 10.8 Å². The summed E-state index contributed by atoms with van der Waals surface area (Å²) in [6, 6.07) is 7.50. The first-order valence-electron chi connectivity index (χ1n) is 10.5. The maximum absolute atomic E-state index is 13.3. The Kier molecular flexibility index (Phi) is 7.10. The molecule has 2 N–H and O–H groups in total. The molecule has 0 aliphatic carbocycles. The molecule has 4 rings (SSSR count). The number of amides is 4. The number of fused-ring (bicyclic) bond motifs is 1. The van der Waals surface area contributed by atoms with Gasteiger partial charge in [-0.3, -0.25) is 9.74 Å². The Morgan fingerprint density at radius 2 is 1.91 bits per heavy atom. The van der Waals surface area contributed by atoms with Crippen LogP contribution in [-0.2, 0) is 17.9 Å². The molecule has 174 valence electrons. The largest absolute Gasteiger partial charge is 0.345 e. The second kappa shape index (κ2) is 10.2. The summed E-state index contributed by atoms with van der Waals surface area (Å²) in [6.45, 7) is 1.17. The Hall–Kier alpha value is -3.17. The third kappa shape index (κ3) is 5.61. The van der Waals surface area contributed by atoms with Crippen molar-refractivity contribution in [2.75, 3.05) is 13.2 Å². The molecule has 0 spiro atoms. The minimum Gasteiger partial charge on any atom is -0.334 e. The van der Waals surface area contributed by atoms with E-state index in [0.29, 0.717) is 18.7 Å². The van der Waals surface area contributed by atoms with E-state index in [-0.39, 0.29) is 36.1 Å². The van der Waals surface area contributed by atoms with Crippen molar-refractivity contribution >= 4 is 29.7 Å². The smallest absolute Gasteiger partial charge is 0.334 e. The molecule has 1 saturated heterocycles. The molecule has 0 radical (unpaired) electrons. The molecule has 1 atom stereocenters. The van der Waals surface area contributed by atoms with Crippen molar-refractivity contribution in [2.24, 2.45) is 0 Å². The van der Waals surface area contributed by atoms with E-state index in [4.69, 9.17) is 16.4 Å². The fourth-order valence-corrected chi connectivity index (χ4v) is 4.12. The van der Waals surface area contributed by atoms with E-state index in [9.17, 15) is 18.4 Å². The maximum Gasteiger partial charge on any atom is 0.345 e. The van der Waals surface area contributed by atoms with Gasteiger partial charge in [0.2, 0.25) is 0 Å². The Labute approximate surface area is 194 Å². The molecule has 10 heteroatoms. The van der Waals surface area contributed by atoms with Crippen LogP contribution in [0.3, 0.4) is 0 Å². The number of hydrogen-bond donors (Lipinski definition) is 2. The highest BCUT2D eigenvalue weighted by atomic mass is 35.5. The molecule has 1 fully saturated rings. The molecule has 0 saturated carbocycles. The summed E-state index contributed by atoms with van der Waals surface area (Å²) in [7, 11) is 0. The zero-order chi connectivity index (χ0) is 23.4. The van der Waals surface area contributed by atoms with Gasteiger partial charge in [-0.25, -0.2) is 23.9 Å². The van der Waals surface area contributed by atoms with Crippen molar-refractivity contribution in [1.29, 1.82) is 0 Å². The van der Waals surface area contributed by atoms with Gasteiger partial charge in [0, 0.05) is 24.3 Å². The fraction of sp³-hybridized carbons (Fsp3) is 0.304. The molecular weight excluding hydrogens is 454 g/mol. The van der Waals surface area contributed by atoms with Crippen LogP contribution in [0.5, 0.6) is 0 Å². The fourth-order valence-electron chi connectivity index (χ4n) is 3.88. The highest BCUT2D eigenvalue weighted by Gasteiger charge is 2.29. The molecule has 2 heterocycles. The summed E-state index contributed by atoms with van der Waals surface area (Å²) in [5.74, 6) is -0.766. The van der Waals surface area contributed by atoms with Crippen LogP contribution in [0.1, 0.15) is 29.5 Å². The number of benzene rings is 2. The topological polar surface area (TPSA) is 73.9 Å². The number of nitrogens with zero attached hydrogens (tertiary/aromatic N) is 2. The van der Waals surface area contributed by atoms with Crippen LogP contribution in [-0.4, -0.2) is 41.1 Å². The van der Waals surface area contributed by atoms with Gasteiger partial charge in [0.1, 0.15) is 11.6 Å². The van der Waals surface area contributed by atoms with E-state index >= 15 is 0 Å². The van der Waals surface area contributed by atoms with E-state index in [1.54, 1.807) is 23.2 Å². The van der Waals surface area contributed by atoms with Gasteiger partial charge >= 0.3 is 12.1 Å². The SMILES string of the molecule is O=C(NOC[C@@H]1CCCN1C(=O)NCc1ccc(F)cc1Cl)N1C=Cc2cc(F)ccc2C1. The van der Waals surface area contributed by atoms with Crippen LogP contribution in [0.15, 0.2) is 42.6 Å². The van der Waals surface area contributed by atoms with Gasteiger partial charge < -0.3 is 10.2 Å². The van der Waals surface area contributed by atoms with Crippen molar-refractivity contribution in [3.05, 3.63) is 75.9 Å². The number of likely N-dealkylation sites (tertiary alicyclic amines) is 1. The first-order chi connectivity index (χ1) is 15.9. The predicted octanol–water partition coefficient (Wildman–Crippen LogP) is 4.42. The van der Waals surface area contributed by atoms with Gasteiger partial charge in [-0.15, -0.1) is 0 Å². The first-order valence-corrected chi connectivity index (χ1v) is 10.9. The summed E-state index contributed by atoms with van der Waals surface area (Å²) in [5.41, 5.74) is 4.58. The van der Waals surface area contributed by atoms with Gasteiger partial charge in [0.25, 0.3) is 0 Å². The molecule has 2 aliphatic rings. The lowest BCUT2D eigenvalue weighted by Gasteiger charge is -2.26. The van der Waals surface area contributed by atoms with Crippen LogP contribution >= 0.6 is 11.6 Å². The molecule has 33 heavy (non-hydrogen) atoms. The summed E-state index contributed by atoms with van der Waals surface area (Å²) < 4.78 is 26.5. The number of nitrogens with one attached hydrogen (secondary N) is 2. The summed E-state index contributed by atoms with van der Waals surface area (Å²) >= 11 is 6.01. The second-order valence-electron chi connectivity index (χ2n) is 7.89. The highest BCUT2D eigenvalue weighted by Crippen LogP contribution is 2.22. The third-order valence-electron chi connectivity index (χ3n) is 5.66. The Balaban J connectivity index is 1.24. The van der Waals surface area contributed by atoms with Crippen molar-refractivity contribution in [2.45, 2.75) is 32.0 Å². The Bertz CT molecular complexity index is 1080. The van der Waals surface area contributed by atoms with Gasteiger partial charge in [-0.1, -0.05) is 23.7 Å². The van der Waals surface area contributed by atoms with Crippen molar-refractivity contribution in [3.63, 3.8) is 0 Å². The lowest BCUT2D eigenvalue weighted by molar-refractivity contribution is 0.0253. The lowest BCUT2D eigenvalue weighted by Crippen LogP contribution is -2.46. The normalized spacial score (nSPS) is 17.1. The molecule has 2 aromatic carbocycles. The van der Waals surface area contributed by atoms with E-state index in [1.165, 1.54) is 35.2 Å². The van der Waals surface area contributed by atoms with Crippen LogP contribution in [0.2, 0.25) is 5.02 Å². The second-order valence-corrected chi connectivity index (χ2v) is 8.30. The van der Waals surface area contributed by atoms with Crippen LogP contribution in [0, 0.1) is 11.6 Å². The lowest BCUT2D eigenvalue weighted by atomic mass is 10.0. The van der Waals surface area contributed by atoms with Gasteiger partial charge in [0.15, 0.2) is 0 Å². The summed E-state index contributed by atoms with van der Waals surface area (Å²) in [5, 5.41) is 3.04. The molecule has 2 aliphatic heterocycles. The number of hydrogen-bond acceptors (Lipinski definition) is 3. The monoisotopic (exact) mass is 476 g/mol. The Morgan fingerprint density at radius 3 is 2.73 bits per heavy atom. The van der Waals surface area contributed by atoms with Crippen LogP contribution in [0.25, 0.3) is 6.08 Å². The Morgan fingerprint density at radius 1 is 1.12 bits per heavy atom. The summed E-state index contributed by atoms with van der Waals surface area (Å²) in [4.78, 5) is 33.5. The minimum absolute atomic E-state index is 0.135. The van der Waals surface area contributed by atoms with E-state index < -0.39 is 11.8 Å². The molecular formula is C23H23ClF2N4O3. The van der Waals surface area contributed by atoms with Crippen molar-refractivity contribution in [1.82, 2.24) is 20.6 Å². The van der Waals surface area contributed by atoms with Crippen molar-refractivity contribution < 1.29 is 23.2 Å². The van der Waals surface area contributed by atoms with Gasteiger partial charge in [-0.2, -0.15) is 0 Å². The highest BCUT2D eigenvalue weighted by molar-refractivity contribution is 6.31. The number of rotatable bonds is 5. The standard InChI is InChI=1S/C23H23ClF2N4O3/c24-21-11-19(26)5-3-16(21)12-27-22(31)30-8-1-2-20(30)14-33-28-23(32)29-9-7-15-10-18(25)6-4-17(15)13-29/h3-7,9-11,20H,1-2,8,12-14H2,(H,27,31)(H,28,32)/t20-/m0/s1. The molecule has 0 unspecified atom stereocenters. The average molecular weight is 477 g/mol. The van der Waals surface area contributed by atoms with Gasteiger partial charge in [-0.05, 0) is 59.9 Å². The molecule has 2 aromatic rings. The van der Waals surface area contributed by atoms with Gasteiger partial charge in [0.05, 0.1) is 19.2 Å². The third-order valence-corrected chi connectivity index (χ3v) is 6.01. The maximum atomic E-state index is 13.3. The number of urea groups is 2. The zero-order valence-electron chi connectivity index (χ0n) is 17.7. The van der Waals surface area contributed by atoms with E-state index in [0.717, 1.165) is 24.0 Å².